The van der Waals surface area contributed by atoms with Crippen molar-refractivity contribution in [3.8, 4) is 0 Å². The van der Waals surface area contributed by atoms with Gasteiger partial charge in [0.25, 0.3) is 0 Å². The summed E-state index contributed by atoms with van der Waals surface area (Å²) in [6, 6.07) is -0.549. The van der Waals surface area contributed by atoms with Crippen LogP contribution in [0.3, 0.4) is 0 Å². The van der Waals surface area contributed by atoms with Crippen LogP contribution < -0.4 is 0 Å². The lowest BCUT2D eigenvalue weighted by Gasteiger charge is -2.19. The number of rotatable bonds is 7. The highest BCUT2D eigenvalue weighted by Gasteiger charge is 2.25. The van der Waals surface area contributed by atoms with Crippen molar-refractivity contribution < 1.29 is 9.90 Å². The topological polar surface area (TPSA) is 68.0 Å². The molecular formula is C13H23N3O2. The van der Waals surface area contributed by atoms with E-state index in [0.29, 0.717) is 18.2 Å². The van der Waals surface area contributed by atoms with E-state index in [0.717, 1.165) is 25.1 Å². The molecule has 0 radical (unpaired) electrons. The van der Waals surface area contributed by atoms with Crippen molar-refractivity contribution in [2.24, 2.45) is 5.92 Å². The van der Waals surface area contributed by atoms with Gasteiger partial charge in [0.1, 0.15) is 17.7 Å². The third kappa shape index (κ3) is 3.55. The molecule has 0 spiro atoms. The van der Waals surface area contributed by atoms with E-state index in [4.69, 9.17) is 0 Å². The molecule has 1 unspecified atom stereocenters. The highest BCUT2D eigenvalue weighted by atomic mass is 16.4. The molecule has 0 aliphatic rings. The number of carboxylic acid groups (broad SMARTS) is 1. The van der Waals surface area contributed by atoms with Gasteiger partial charge in [-0.05, 0) is 25.7 Å². The predicted molar refractivity (Wildman–Crippen MR) is 69.5 cm³/mol. The van der Waals surface area contributed by atoms with Gasteiger partial charge in [-0.2, -0.15) is 0 Å². The minimum Gasteiger partial charge on any atom is -0.480 e. The van der Waals surface area contributed by atoms with Crippen LogP contribution in [0.1, 0.15) is 57.7 Å². The zero-order valence-corrected chi connectivity index (χ0v) is 11.7. The molecule has 0 fully saturated rings. The minimum atomic E-state index is -0.802. The maximum Gasteiger partial charge on any atom is 0.326 e. The molecule has 5 nitrogen and oxygen atoms in total. The Morgan fingerprint density at radius 3 is 2.56 bits per heavy atom. The van der Waals surface area contributed by atoms with Gasteiger partial charge in [-0.15, -0.1) is 10.2 Å². The van der Waals surface area contributed by atoms with Crippen molar-refractivity contribution in [1.82, 2.24) is 14.8 Å². The normalized spacial score (nSPS) is 12.9. The molecule has 102 valence electrons. The van der Waals surface area contributed by atoms with Gasteiger partial charge >= 0.3 is 5.97 Å². The Balaban J connectivity index is 3.02. The molecular weight excluding hydrogens is 230 g/mol. The van der Waals surface area contributed by atoms with Gasteiger partial charge in [0.2, 0.25) is 0 Å². The molecule has 1 aromatic heterocycles. The quantitative estimate of drug-likeness (QED) is 0.811. The summed E-state index contributed by atoms with van der Waals surface area (Å²) in [5.41, 5.74) is 0. The van der Waals surface area contributed by atoms with E-state index in [9.17, 15) is 9.90 Å². The van der Waals surface area contributed by atoms with Crippen LogP contribution >= 0.6 is 0 Å². The molecule has 1 rings (SSSR count). The molecule has 0 saturated carbocycles. The number of nitrogens with zero attached hydrogens (tertiary/aromatic N) is 3. The molecule has 0 aliphatic heterocycles. The number of hydrogen-bond donors (Lipinski definition) is 1. The number of aryl methyl sites for hydroxylation is 2. The molecule has 18 heavy (non-hydrogen) atoms. The zero-order valence-electron chi connectivity index (χ0n) is 11.7. The molecule has 0 amide bonds. The standard InChI is InChI=1S/C13H23N3O2/c1-5-6-7-12-15-14-10(4)16(12)11(13(17)18)8-9(2)3/h9,11H,5-8H2,1-4H3,(H,17,18). The van der Waals surface area contributed by atoms with Crippen LogP contribution in [0.15, 0.2) is 0 Å². The van der Waals surface area contributed by atoms with Crippen molar-refractivity contribution in [2.75, 3.05) is 0 Å². The molecule has 0 aliphatic carbocycles. The lowest BCUT2D eigenvalue weighted by atomic mass is 10.0. The molecule has 0 bridgehead atoms. The number of hydrogen-bond acceptors (Lipinski definition) is 3. The zero-order chi connectivity index (χ0) is 13.7. The summed E-state index contributed by atoms with van der Waals surface area (Å²) in [7, 11) is 0. The lowest BCUT2D eigenvalue weighted by Crippen LogP contribution is -2.24. The van der Waals surface area contributed by atoms with Gasteiger partial charge in [0.05, 0.1) is 0 Å². The molecule has 0 aromatic carbocycles. The first-order valence-electron chi connectivity index (χ1n) is 6.60. The summed E-state index contributed by atoms with van der Waals surface area (Å²) < 4.78 is 1.79. The Hall–Kier alpha value is -1.39. The van der Waals surface area contributed by atoms with Crippen LogP contribution in [-0.2, 0) is 11.2 Å². The summed E-state index contributed by atoms with van der Waals surface area (Å²) >= 11 is 0. The summed E-state index contributed by atoms with van der Waals surface area (Å²) in [5, 5.41) is 17.5. The van der Waals surface area contributed by atoms with Crippen LogP contribution in [0.25, 0.3) is 0 Å². The fraction of sp³-hybridized carbons (Fsp3) is 0.769. The van der Waals surface area contributed by atoms with Gasteiger partial charge in [0.15, 0.2) is 0 Å². The van der Waals surface area contributed by atoms with E-state index in [1.165, 1.54) is 0 Å². The molecule has 1 aromatic rings. The van der Waals surface area contributed by atoms with E-state index in [1.807, 2.05) is 20.8 Å². The van der Waals surface area contributed by atoms with Crippen molar-refractivity contribution in [1.29, 1.82) is 0 Å². The van der Waals surface area contributed by atoms with Gasteiger partial charge in [-0.3, -0.25) is 0 Å². The highest BCUT2D eigenvalue weighted by Crippen LogP contribution is 2.21. The van der Waals surface area contributed by atoms with Crippen molar-refractivity contribution in [3.63, 3.8) is 0 Å². The summed E-state index contributed by atoms with van der Waals surface area (Å²) in [6.07, 6.45) is 3.46. The van der Waals surface area contributed by atoms with E-state index < -0.39 is 12.0 Å². The Kier molecular flexibility index (Phi) is 5.31. The predicted octanol–water partition coefficient (Wildman–Crippen LogP) is 2.60. The maximum atomic E-state index is 11.4. The third-order valence-corrected chi connectivity index (χ3v) is 2.98. The van der Waals surface area contributed by atoms with Crippen molar-refractivity contribution >= 4 is 5.97 Å². The van der Waals surface area contributed by atoms with E-state index in [-0.39, 0.29) is 0 Å². The summed E-state index contributed by atoms with van der Waals surface area (Å²) in [4.78, 5) is 11.4. The van der Waals surface area contributed by atoms with E-state index >= 15 is 0 Å². The van der Waals surface area contributed by atoms with E-state index in [1.54, 1.807) is 4.57 Å². The van der Waals surface area contributed by atoms with Crippen LogP contribution in [0.4, 0.5) is 0 Å². The number of aromatic nitrogens is 3. The SMILES string of the molecule is CCCCc1nnc(C)n1C(CC(C)C)C(=O)O. The first-order chi connectivity index (χ1) is 8.47. The van der Waals surface area contributed by atoms with Gasteiger partial charge in [-0.25, -0.2) is 4.79 Å². The van der Waals surface area contributed by atoms with Gasteiger partial charge in [0, 0.05) is 6.42 Å². The second-order valence-electron chi connectivity index (χ2n) is 5.12. The van der Waals surface area contributed by atoms with Crippen LogP contribution in [-0.4, -0.2) is 25.8 Å². The molecule has 1 heterocycles. The monoisotopic (exact) mass is 253 g/mol. The molecule has 1 atom stereocenters. The number of aliphatic carboxylic acids is 1. The van der Waals surface area contributed by atoms with Gasteiger partial charge in [-0.1, -0.05) is 27.2 Å². The highest BCUT2D eigenvalue weighted by molar-refractivity contribution is 5.72. The van der Waals surface area contributed by atoms with Crippen LogP contribution in [0, 0.1) is 12.8 Å². The van der Waals surface area contributed by atoms with Crippen molar-refractivity contribution in [2.45, 2.75) is 59.4 Å². The smallest absolute Gasteiger partial charge is 0.326 e. The number of unbranched alkanes of at least 4 members (excludes halogenated alkanes) is 1. The largest absolute Gasteiger partial charge is 0.480 e. The fourth-order valence-corrected chi connectivity index (χ4v) is 2.09. The summed E-state index contributed by atoms with van der Waals surface area (Å²) in [5.74, 6) is 1.01. The average Bonchev–Trinajstić information content (AvgIpc) is 2.64. The Morgan fingerprint density at radius 2 is 2.06 bits per heavy atom. The average molecular weight is 253 g/mol. The molecule has 0 saturated heterocycles. The second-order valence-corrected chi connectivity index (χ2v) is 5.12. The van der Waals surface area contributed by atoms with Crippen LogP contribution in [0.5, 0.6) is 0 Å². The fourth-order valence-electron chi connectivity index (χ4n) is 2.09. The van der Waals surface area contributed by atoms with Gasteiger partial charge < -0.3 is 9.67 Å². The van der Waals surface area contributed by atoms with Crippen molar-refractivity contribution in [3.05, 3.63) is 11.6 Å². The number of carbonyl (C=O) groups is 1. The van der Waals surface area contributed by atoms with E-state index in [2.05, 4.69) is 17.1 Å². The van der Waals surface area contributed by atoms with Crippen LogP contribution in [0.2, 0.25) is 0 Å². The Morgan fingerprint density at radius 1 is 1.39 bits per heavy atom. The molecule has 1 N–H and O–H groups in total. The number of carboxylic acids is 1. The minimum absolute atomic E-state index is 0.326. The third-order valence-electron chi connectivity index (χ3n) is 2.98. The first kappa shape index (κ1) is 14.7. The second kappa shape index (κ2) is 6.52. The Bertz CT molecular complexity index is 399. The lowest BCUT2D eigenvalue weighted by molar-refractivity contribution is -0.141. The molecule has 5 heteroatoms. The summed E-state index contributed by atoms with van der Waals surface area (Å²) in [6.45, 7) is 7.98. The maximum absolute atomic E-state index is 11.4. The Labute approximate surface area is 108 Å². The first-order valence-corrected chi connectivity index (χ1v) is 6.60.